The number of nitrogens with zero attached hydrogens (tertiary/aromatic N) is 2. The van der Waals surface area contributed by atoms with E-state index in [0.717, 1.165) is 0 Å². The van der Waals surface area contributed by atoms with Crippen LogP contribution in [0.1, 0.15) is 17.4 Å². The first kappa shape index (κ1) is 19.4. The van der Waals surface area contributed by atoms with E-state index >= 15 is 0 Å². The maximum Gasteiger partial charge on any atom is 0.300 e. The zero-order valence-electron chi connectivity index (χ0n) is 15.2. The molecule has 1 aliphatic heterocycles. The van der Waals surface area contributed by atoms with E-state index in [1.165, 1.54) is 41.5 Å². The van der Waals surface area contributed by atoms with Gasteiger partial charge in [0.15, 0.2) is 0 Å². The van der Waals surface area contributed by atoms with Gasteiger partial charge in [-0.25, -0.2) is 0 Å². The Kier molecular flexibility index (Phi) is 4.85. The van der Waals surface area contributed by atoms with Crippen molar-refractivity contribution >= 4 is 40.4 Å². The lowest BCUT2D eigenvalue weighted by Gasteiger charge is -2.23. The molecule has 1 atom stereocenters. The summed E-state index contributed by atoms with van der Waals surface area (Å²) in [7, 11) is 0. The van der Waals surface area contributed by atoms with Crippen LogP contribution >= 0.6 is 11.6 Å². The van der Waals surface area contributed by atoms with Crippen LogP contribution in [0.25, 0.3) is 5.76 Å². The second-order valence-corrected chi connectivity index (χ2v) is 6.90. The van der Waals surface area contributed by atoms with Gasteiger partial charge >= 0.3 is 0 Å². The third-order valence-corrected chi connectivity index (χ3v) is 4.93. The molecule has 2 aromatic carbocycles. The molecule has 1 saturated heterocycles. The fourth-order valence-corrected chi connectivity index (χ4v) is 3.52. The molecule has 9 heteroatoms. The molecule has 1 fully saturated rings. The highest BCUT2D eigenvalue weighted by Gasteiger charge is 2.48. The SMILES string of the molecule is O=C1C(=O)N(c2cccc(Cl)c2)C(c2ccco2)/C1=C(/O)c1ccc([N+](=O)[O-])cc1. The van der Waals surface area contributed by atoms with Gasteiger partial charge in [-0.3, -0.25) is 24.6 Å². The number of furan rings is 1. The number of halogens is 1. The summed E-state index contributed by atoms with van der Waals surface area (Å²) >= 11 is 6.05. The van der Waals surface area contributed by atoms with Gasteiger partial charge in [-0.1, -0.05) is 17.7 Å². The van der Waals surface area contributed by atoms with E-state index in [4.69, 9.17) is 16.0 Å². The number of ketones is 1. The first-order valence-electron chi connectivity index (χ1n) is 8.73. The fourth-order valence-electron chi connectivity index (χ4n) is 3.34. The van der Waals surface area contributed by atoms with E-state index in [9.17, 15) is 24.8 Å². The summed E-state index contributed by atoms with van der Waals surface area (Å²) < 4.78 is 5.45. The number of anilines is 1. The van der Waals surface area contributed by atoms with Gasteiger partial charge in [0.2, 0.25) is 0 Å². The van der Waals surface area contributed by atoms with Crippen LogP contribution in [0.3, 0.4) is 0 Å². The Balaban J connectivity index is 1.89. The summed E-state index contributed by atoms with van der Waals surface area (Å²) in [5.41, 5.74) is 0.146. The number of nitro benzene ring substituents is 1. The van der Waals surface area contributed by atoms with E-state index in [2.05, 4.69) is 0 Å². The average Bonchev–Trinajstić information content (AvgIpc) is 3.35. The van der Waals surface area contributed by atoms with Crippen LogP contribution in [0.2, 0.25) is 5.02 Å². The van der Waals surface area contributed by atoms with Crippen molar-refractivity contribution in [3.05, 3.63) is 99.0 Å². The third-order valence-electron chi connectivity index (χ3n) is 4.70. The van der Waals surface area contributed by atoms with E-state index in [1.807, 2.05) is 0 Å². The lowest BCUT2D eigenvalue weighted by atomic mass is 9.99. The Morgan fingerprint density at radius 1 is 1.10 bits per heavy atom. The zero-order chi connectivity index (χ0) is 21.4. The Hall–Kier alpha value is -3.91. The first-order chi connectivity index (χ1) is 14.4. The molecule has 1 aromatic heterocycles. The Bertz CT molecular complexity index is 1180. The van der Waals surface area contributed by atoms with Crippen molar-refractivity contribution < 1.29 is 24.0 Å². The summed E-state index contributed by atoms with van der Waals surface area (Å²) in [6, 6.07) is 13.5. The number of amides is 1. The number of carbonyl (C=O) groups is 2. The summed E-state index contributed by atoms with van der Waals surface area (Å²) in [5, 5.41) is 22.1. The Labute approximate surface area is 174 Å². The van der Waals surface area contributed by atoms with E-state index in [0.29, 0.717) is 10.7 Å². The molecule has 0 aliphatic carbocycles. The number of aliphatic hydroxyl groups excluding tert-OH is 1. The molecule has 150 valence electrons. The number of benzene rings is 2. The van der Waals surface area contributed by atoms with Crippen molar-refractivity contribution in [3.8, 4) is 0 Å². The number of nitro groups is 1. The molecule has 0 bridgehead atoms. The number of rotatable bonds is 4. The number of hydrogen-bond donors (Lipinski definition) is 1. The van der Waals surface area contributed by atoms with Crippen LogP contribution in [-0.2, 0) is 9.59 Å². The molecule has 30 heavy (non-hydrogen) atoms. The maximum absolute atomic E-state index is 12.9. The van der Waals surface area contributed by atoms with Gasteiger partial charge in [0.25, 0.3) is 17.4 Å². The van der Waals surface area contributed by atoms with Crippen LogP contribution in [0, 0.1) is 10.1 Å². The first-order valence-corrected chi connectivity index (χ1v) is 9.11. The molecular weight excluding hydrogens is 412 g/mol. The maximum atomic E-state index is 12.9. The number of hydrogen-bond acceptors (Lipinski definition) is 6. The van der Waals surface area contributed by atoms with Crippen LogP contribution in [0.15, 0.2) is 76.9 Å². The molecule has 4 rings (SSSR count). The van der Waals surface area contributed by atoms with Crippen molar-refractivity contribution in [3.63, 3.8) is 0 Å². The minimum absolute atomic E-state index is 0.154. The molecule has 0 radical (unpaired) electrons. The average molecular weight is 425 g/mol. The van der Waals surface area contributed by atoms with Gasteiger partial charge in [-0.15, -0.1) is 0 Å². The van der Waals surface area contributed by atoms with Gasteiger partial charge in [0.05, 0.1) is 16.8 Å². The largest absolute Gasteiger partial charge is 0.507 e. The Morgan fingerprint density at radius 3 is 2.43 bits per heavy atom. The Morgan fingerprint density at radius 2 is 1.83 bits per heavy atom. The van der Waals surface area contributed by atoms with Gasteiger partial charge in [-0.2, -0.15) is 0 Å². The molecule has 2 heterocycles. The molecule has 0 spiro atoms. The summed E-state index contributed by atoms with van der Waals surface area (Å²) in [5.74, 6) is -1.97. The third kappa shape index (κ3) is 3.23. The number of non-ortho nitro benzene ring substituents is 1. The van der Waals surface area contributed by atoms with Crippen LogP contribution in [0.5, 0.6) is 0 Å². The predicted octanol–water partition coefficient (Wildman–Crippen LogP) is 4.47. The topological polar surface area (TPSA) is 114 Å². The molecule has 3 aromatic rings. The highest BCUT2D eigenvalue weighted by atomic mass is 35.5. The minimum Gasteiger partial charge on any atom is -0.507 e. The smallest absolute Gasteiger partial charge is 0.300 e. The molecular formula is C21H13ClN2O6. The van der Waals surface area contributed by atoms with Crippen molar-refractivity contribution in [1.82, 2.24) is 0 Å². The highest BCUT2D eigenvalue weighted by molar-refractivity contribution is 6.51. The molecule has 1 aliphatic rings. The normalized spacial score (nSPS) is 18.0. The molecule has 1 N–H and O–H groups in total. The standard InChI is InChI=1S/C21H13ClN2O6/c22-13-3-1-4-15(11-13)23-18(16-5-2-10-30-16)17(20(26)21(23)27)19(25)12-6-8-14(9-7-12)24(28)29/h1-11,18,25H/b19-17-. The second kappa shape index (κ2) is 7.49. The van der Waals surface area contributed by atoms with Gasteiger partial charge < -0.3 is 9.52 Å². The van der Waals surface area contributed by atoms with Crippen molar-refractivity contribution in [2.75, 3.05) is 4.90 Å². The highest BCUT2D eigenvalue weighted by Crippen LogP contribution is 2.42. The van der Waals surface area contributed by atoms with Gasteiger partial charge in [0.1, 0.15) is 17.6 Å². The van der Waals surface area contributed by atoms with Gasteiger partial charge in [0, 0.05) is 28.4 Å². The van der Waals surface area contributed by atoms with Crippen LogP contribution in [0.4, 0.5) is 11.4 Å². The molecule has 0 saturated carbocycles. The van der Waals surface area contributed by atoms with E-state index < -0.39 is 28.4 Å². The fraction of sp³-hybridized carbons (Fsp3) is 0.0476. The molecule has 1 amide bonds. The number of aliphatic hydroxyl groups is 1. The molecule has 1 unspecified atom stereocenters. The van der Waals surface area contributed by atoms with Gasteiger partial charge in [-0.05, 0) is 42.5 Å². The summed E-state index contributed by atoms with van der Waals surface area (Å²) in [6.45, 7) is 0. The minimum atomic E-state index is -1.03. The quantitative estimate of drug-likeness (QED) is 0.217. The monoisotopic (exact) mass is 424 g/mol. The zero-order valence-corrected chi connectivity index (χ0v) is 15.9. The lowest BCUT2D eigenvalue weighted by Crippen LogP contribution is -2.29. The number of Topliss-reactive ketones (excluding diaryl/α,β-unsaturated/α-hetero) is 1. The summed E-state index contributed by atoms with van der Waals surface area (Å²) in [4.78, 5) is 37.2. The van der Waals surface area contributed by atoms with Crippen LogP contribution < -0.4 is 4.90 Å². The van der Waals surface area contributed by atoms with Crippen molar-refractivity contribution in [2.24, 2.45) is 0 Å². The van der Waals surface area contributed by atoms with Crippen molar-refractivity contribution in [1.29, 1.82) is 0 Å². The van der Waals surface area contributed by atoms with Crippen molar-refractivity contribution in [2.45, 2.75) is 6.04 Å². The van der Waals surface area contributed by atoms with E-state index in [-0.39, 0.29) is 22.6 Å². The summed E-state index contributed by atoms with van der Waals surface area (Å²) in [6.07, 6.45) is 1.39. The van der Waals surface area contributed by atoms with Crippen LogP contribution in [-0.4, -0.2) is 21.7 Å². The number of carbonyl (C=O) groups excluding carboxylic acids is 2. The van der Waals surface area contributed by atoms with E-state index in [1.54, 1.807) is 30.3 Å². The lowest BCUT2D eigenvalue weighted by molar-refractivity contribution is -0.384. The second-order valence-electron chi connectivity index (χ2n) is 6.47. The predicted molar refractivity (Wildman–Crippen MR) is 108 cm³/mol. The molecule has 8 nitrogen and oxygen atoms in total.